The minimum atomic E-state index is 1.08. The summed E-state index contributed by atoms with van der Waals surface area (Å²) in [6.07, 6.45) is 25.1. The lowest BCUT2D eigenvalue weighted by Gasteiger charge is -1.95. The van der Waals surface area contributed by atoms with E-state index >= 15 is 0 Å². The van der Waals surface area contributed by atoms with Crippen molar-refractivity contribution in [3.8, 4) is 0 Å². The molecule has 0 fully saturated rings. The smallest absolute Gasteiger partial charge is 0.0169 e. The van der Waals surface area contributed by atoms with Crippen LogP contribution in [-0.4, -0.2) is 0 Å². The van der Waals surface area contributed by atoms with Crippen molar-refractivity contribution in [1.82, 2.24) is 0 Å². The van der Waals surface area contributed by atoms with Gasteiger partial charge in [-0.2, -0.15) is 0 Å². The molecule has 0 aliphatic carbocycles. The minimum Gasteiger partial charge on any atom is -0.0885 e. The molecule has 0 N–H and O–H groups in total. The fourth-order valence-corrected chi connectivity index (χ4v) is 1.69. The fraction of sp³-hybridized carbons (Fsp3) is 0.647. The van der Waals surface area contributed by atoms with E-state index in [9.17, 15) is 0 Å². The summed E-state index contributed by atoms with van der Waals surface area (Å²) in [4.78, 5) is 0. The van der Waals surface area contributed by atoms with Crippen LogP contribution in [-0.2, 0) is 0 Å². The van der Waals surface area contributed by atoms with Crippen molar-refractivity contribution in [3.05, 3.63) is 36.5 Å². The van der Waals surface area contributed by atoms with Crippen molar-refractivity contribution in [1.29, 1.82) is 0 Å². The van der Waals surface area contributed by atoms with E-state index in [4.69, 9.17) is 0 Å². The van der Waals surface area contributed by atoms with Gasteiger partial charge in [0.25, 0.3) is 0 Å². The van der Waals surface area contributed by atoms with Crippen molar-refractivity contribution < 1.29 is 0 Å². The molecule has 0 aromatic carbocycles. The van der Waals surface area contributed by atoms with Crippen molar-refractivity contribution >= 4 is 0 Å². The van der Waals surface area contributed by atoms with Crippen molar-refractivity contribution in [2.24, 2.45) is 0 Å². The molecule has 0 aromatic heterocycles. The standard InChI is InChI=1S/C17H30/c1-3-5-7-9-11-13-15-17-16-14-12-10-8-6-4-2/h5,7,11,13,16-17H,3-4,6,8-10,12,14-15H2,1-2H3/b7-5-,13-11-,17-16+. The largest absolute Gasteiger partial charge is 0.0885 e. The van der Waals surface area contributed by atoms with Gasteiger partial charge in [0.2, 0.25) is 0 Å². The third-order valence-electron chi connectivity index (χ3n) is 2.75. The highest BCUT2D eigenvalue weighted by Gasteiger charge is 1.85. The first-order valence-corrected chi connectivity index (χ1v) is 7.36. The highest BCUT2D eigenvalue weighted by Crippen LogP contribution is 2.05. The van der Waals surface area contributed by atoms with Gasteiger partial charge in [0.1, 0.15) is 0 Å². The van der Waals surface area contributed by atoms with Crippen molar-refractivity contribution in [3.63, 3.8) is 0 Å². The van der Waals surface area contributed by atoms with Gasteiger partial charge in [-0.25, -0.2) is 0 Å². The van der Waals surface area contributed by atoms with Gasteiger partial charge in [0, 0.05) is 0 Å². The summed E-state index contributed by atoms with van der Waals surface area (Å²) in [5, 5.41) is 0. The number of allylic oxidation sites excluding steroid dienone is 6. The number of unbranched alkanes of at least 4 members (excludes halogenated alkanes) is 5. The molecule has 0 saturated carbocycles. The topological polar surface area (TPSA) is 0 Å². The zero-order chi connectivity index (χ0) is 12.6. The van der Waals surface area contributed by atoms with Crippen LogP contribution in [0.1, 0.15) is 71.6 Å². The monoisotopic (exact) mass is 234 g/mol. The summed E-state index contributed by atoms with van der Waals surface area (Å²) in [5.41, 5.74) is 0. The molecule has 0 nitrogen and oxygen atoms in total. The van der Waals surface area contributed by atoms with Crippen LogP contribution in [0.15, 0.2) is 36.5 Å². The average Bonchev–Trinajstić information content (AvgIpc) is 2.35. The lowest BCUT2D eigenvalue weighted by molar-refractivity contribution is 0.637. The summed E-state index contributed by atoms with van der Waals surface area (Å²) in [7, 11) is 0. The van der Waals surface area contributed by atoms with Crippen molar-refractivity contribution in [2.45, 2.75) is 71.6 Å². The molecule has 0 spiro atoms. The zero-order valence-corrected chi connectivity index (χ0v) is 11.8. The van der Waals surface area contributed by atoms with Crippen LogP contribution >= 0.6 is 0 Å². The maximum atomic E-state index is 2.33. The Morgan fingerprint density at radius 3 is 1.82 bits per heavy atom. The first-order valence-electron chi connectivity index (χ1n) is 7.36. The second-order valence-electron chi connectivity index (χ2n) is 4.50. The summed E-state index contributed by atoms with van der Waals surface area (Å²) in [5.74, 6) is 0. The fourth-order valence-electron chi connectivity index (χ4n) is 1.69. The van der Waals surface area contributed by atoms with Gasteiger partial charge in [-0.1, -0.05) is 76.0 Å². The van der Waals surface area contributed by atoms with Crippen LogP contribution < -0.4 is 0 Å². The van der Waals surface area contributed by atoms with Crippen LogP contribution in [0, 0.1) is 0 Å². The van der Waals surface area contributed by atoms with Gasteiger partial charge in [-0.3, -0.25) is 0 Å². The Morgan fingerprint density at radius 2 is 1.18 bits per heavy atom. The second-order valence-corrected chi connectivity index (χ2v) is 4.50. The molecule has 0 aliphatic rings. The summed E-state index contributed by atoms with van der Waals surface area (Å²) >= 11 is 0. The molecule has 0 atom stereocenters. The van der Waals surface area contributed by atoms with Crippen LogP contribution in [0.5, 0.6) is 0 Å². The zero-order valence-electron chi connectivity index (χ0n) is 11.8. The number of hydrogen-bond acceptors (Lipinski definition) is 0. The van der Waals surface area contributed by atoms with E-state index in [-0.39, 0.29) is 0 Å². The summed E-state index contributed by atoms with van der Waals surface area (Å²) < 4.78 is 0. The molecule has 0 saturated heterocycles. The Morgan fingerprint density at radius 1 is 0.588 bits per heavy atom. The first-order chi connectivity index (χ1) is 8.41. The molecule has 0 amide bonds. The van der Waals surface area contributed by atoms with E-state index in [2.05, 4.69) is 50.3 Å². The van der Waals surface area contributed by atoms with Crippen LogP contribution in [0.25, 0.3) is 0 Å². The quantitative estimate of drug-likeness (QED) is 0.295. The lowest BCUT2D eigenvalue weighted by Crippen LogP contribution is -1.75. The highest BCUT2D eigenvalue weighted by molar-refractivity contribution is 4.96. The Balaban J connectivity index is 3.21. The molecule has 17 heavy (non-hydrogen) atoms. The molecule has 0 heterocycles. The molecule has 0 aromatic rings. The van der Waals surface area contributed by atoms with Gasteiger partial charge < -0.3 is 0 Å². The molecule has 0 aliphatic heterocycles. The maximum absolute atomic E-state index is 2.33. The Bertz CT molecular complexity index is 208. The molecule has 0 rings (SSSR count). The predicted molar refractivity (Wildman–Crippen MR) is 80.3 cm³/mol. The van der Waals surface area contributed by atoms with Gasteiger partial charge in [-0.05, 0) is 32.1 Å². The molecular weight excluding hydrogens is 204 g/mol. The number of rotatable bonds is 11. The molecule has 0 heteroatoms. The van der Waals surface area contributed by atoms with E-state index in [1.807, 2.05) is 0 Å². The molecule has 0 radical (unpaired) electrons. The molecule has 0 bridgehead atoms. The predicted octanol–water partition coefficient (Wildman–Crippen LogP) is 6.21. The van der Waals surface area contributed by atoms with E-state index < -0.39 is 0 Å². The van der Waals surface area contributed by atoms with Crippen molar-refractivity contribution in [2.75, 3.05) is 0 Å². The second kappa shape index (κ2) is 15.2. The van der Waals surface area contributed by atoms with Crippen LogP contribution in [0.4, 0.5) is 0 Å². The van der Waals surface area contributed by atoms with Gasteiger partial charge in [-0.15, -0.1) is 0 Å². The Kier molecular flexibility index (Phi) is 14.5. The third-order valence-corrected chi connectivity index (χ3v) is 2.75. The van der Waals surface area contributed by atoms with Crippen LogP contribution in [0.3, 0.4) is 0 Å². The van der Waals surface area contributed by atoms with E-state index in [0.29, 0.717) is 0 Å². The summed E-state index contributed by atoms with van der Waals surface area (Å²) in [6, 6.07) is 0. The van der Waals surface area contributed by atoms with E-state index in [1.165, 1.54) is 38.5 Å². The average molecular weight is 234 g/mol. The van der Waals surface area contributed by atoms with Gasteiger partial charge in [0.05, 0.1) is 0 Å². The maximum Gasteiger partial charge on any atom is -0.0169 e. The number of hydrogen-bond donors (Lipinski definition) is 0. The van der Waals surface area contributed by atoms with E-state index in [1.54, 1.807) is 0 Å². The van der Waals surface area contributed by atoms with E-state index in [0.717, 1.165) is 19.3 Å². The molecular formula is C17H30. The minimum absolute atomic E-state index is 1.08. The highest BCUT2D eigenvalue weighted by atomic mass is 13.9. The lowest BCUT2D eigenvalue weighted by atomic mass is 10.1. The normalized spacial score (nSPS) is 12.4. The Hall–Kier alpha value is -0.780. The first kappa shape index (κ1) is 16.2. The Labute approximate surface area is 109 Å². The van der Waals surface area contributed by atoms with Gasteiger partial charge in [0.15, 0.2) is 0 Å². The van der Waals surface area contributed by atoms with Gasteiger partial charge >= 0.3 is 0 Å². The molecule has 98 valence electrons. The van der Waals surface area contributed by atoms with Crippen LogP contribution in [0.2, 0.25) is 0 Å². The molecule has 0 unspecified atom stereocenters. The third kappa shape index (κ3) is 15.2. The SMILES string of the molecule is CC/C=C\C/C=C\C/C=C/CCCCCCC. The summed E-state index contributed by atoms with van der Waals surface area (Å²) in [6.45, 7) is 4.44.